The fourth-order valence-electron chi connectivity index (χ4n) is 2.51. The summed E-state index contributed by atoms with van der Waals surface area (Å²) in [5.41, 5.74) is 2.51. The van der Waals surface area contributed by atoms with Gasteiger partial charge < -0.3 is 15.1 Å². The number of hydrazine groups is 1. The number of nitrogen functional groups attached to an aromatic ring is 1. The standard InChI is InChI=1S/C14H25N5O/c1-10(2)13-16-11(18-15)8-12(17-13)19-7-5-6-14(3,9-19)20-4/h8,10H,5-7,9,15H2,1-4H3,(H,16,17,18). The highest BCUT2D eigenvalue weighted by molar-refractivity contribution is 5.49. The Hall–Kier alpha value is -1.40. The van der Waals surface area contributed by atoms with Gasteiger partial charge in [-0.1, -0.05) is 13.8 Å². The van der Waals surface area contributed by atoms with E-state index in [-0.39, 0.29) is 11.5 Å². The maximum atomic E-state index is 5.64. The molecule has 0 bridgehead atoms. The maximum Gasteiger partial charge on any atom is 0.145 e. The number of methoxy groups -OCH3 is 1. The zero-order valence-corrected chi connectivity index (χ0v) is 12.8. The second kappa shape index (κ2) is 5.93. The first-order valence-corrected chi connectivity index (χ1v) is 7.13. The van der Waals surface area contributed by atoms with Crippen molar-refractivity contribution in [2.75, 3.05) is 30.5 Å². The molecular formula is C14H25N5O. The predicted molar refractivity (Wildman–Crippen MR) is 80.8 cm³/mol. The van der Waals surface area contributed by atoms with Crippen LogP contribution in [0, 0.1) is 0 Å². The minimum atomic E-state index is -0.114. The second-order valence-electron chi connectivity index (χ2n) is 5.95. The third-order valence-corrected chi connectivity index (χ3v) is 3.87. The van der Waals surface area contributed by atoms with Crippen LogP contribution in [0.4, 0.5) is 11.6 Å². The first-order chi connectivity index (χ1) is 9.47. The van der Waals surface area contributed by atoms with Crippen LogP contribution in [-0.4, -0.2) is 35.8 Å². The van der Waals surface area contributed by atoms with Gasteiger partial charge in [0.25, 0.3) is 0 Å². The van der Waals surface area contributed by atoms with Crippen LogP contribution in [0.5, 0.6) is 0 Å². The number of hydrogen-bond donors (Lipinski definition) is 2. The van der Waals surface area contributed by atoms with E-state index in [4.69, 9.17) is 10.6 Å². The van der Waals surface area contributed by atoms with Crippen molar-refractivity contribution in [1.29, 1.82) is 0 Å². The highest BCUT2D eigenvalue weighted by Crippen LogP contribution is 2.28. The summed E-state index contributed by atoms with van der Waals surface area (Å²) >= 11 is 0. The predicted octanol–water partition coefficient (Wildman–Crippen LogP) is 1.89. The number of ether oxygens (including phenoxy) is 1. The average Bonchev–Trinajstić information content (AvgIpc) is 2.46. The molecule has 1 unspecified atom stereocenters. The maximum absolute atomic E-state index is 5.64. The monoisotopic (exact) mass is 279 g/mol. The highest BCUT2D eigenvalue weighted by atomic mass is 16.5. The van der Waals surface area contributed by atoms with E-state index in [0.29, 0.717) is 5.82 Å². The van der Waals surface area contributed by atoms with Crippen LogP contribution < -0.4 is 16.2 Å². The number of hydrogen-bond acceptors (Lipinski definition) is 6. The van der Waals surface area contributed by atoms with Gasteiger partial charge in [0.05, 0.1) is 5.60 Å². The molecule has 20 heavy (non-hydrogen) atoms. The number of piperidine rings is 1. The van der Waals surface area contributed by atoms with Crippen molar-refractivity contribution in [1.82, 2.24) is 9.97 Å². The summed E-state index contributed by atoms with van der Waals surface area (Å²) in [6, 6.07) is 1.90. The Kier molecular flexibility index (Phi) is 4.45. The molecule has 1 fully saturated rings. The minimum absolute atomic E-state index is 0.114. The van der Waals surface area contributed by atoms with Crippen molar-refractivity contribution in [3.05, 3.63) is 11.9 Å². The molecule has 1 aliphatic heterocycles. The van der Waals surface area contributed by atoms with Crippen molar-refractivity contribution in [2.24, 2.45) is 5.84 Å². The van der Waals surface area contributed by atoms with Gasteiger partial charge in [0.1, 0.15) is 17.5 Å². The molecule has 0 amide bonds. The molecule has 1 atom stereocenters. The first-order valence-electron chi connectivity index (χ1n) is 7.13. The van der Waals surface area contributed by atoms with Gasteiger partial charge in [-0.25, -0.2) is 15.8 Å². The van der Waals surface area contributed by atoms with Gasteiger partial charge in [-0.3, -0.25) is 0 Å². The van der Waals surface area contributed by atoms with Crippen LogP contribution in [0.15, 0.2) is 6.07 Å². The van der Waals surface area contributed by atoms with E-state index >= 15 is 0 Å². The van der Waals surface area contributed by atoms with E-state index in [9.17, 15) is 0 Å². The number of anilines is 2. The number of nitrogens with zero attached hydrogens (tertiary/aromatic N) is 3. The van der Waals surface area contributed by atoms with E-state index < -0.39 is 0 Å². The van der Waals surface area contributed by atoms with Crippen molar-refractivity contribution >= 4 is 11.6 Å². The third kappa shape index (κ3) is 3.19. The van der Waals surface area contributed by atoms with Crippen LogP contribution >= 0.6 is 0 Å². The van der Waals surface area contributed by atoms with Gasteiger partial charge in [-0.2, -0.15) is 0 Å². The molecule has 1 aromatic heterocycles. The number of nitrogens with one attached hydrogen (secondary N) is 1. The minimum Gasteiger partial charge on any atom is -0.377 e. The van der Waals surface area contributed by atoms with E-state index in [2.05, 4.69) is 41.1 Å². The van der Waals surface area contributed by atoms with Crippen LogP contribution in [0.2, 0.25) is 0 Å². The molecular weight excluding hydrogens is 254 g/mol. The normalized spacial score (nSPS) is 23.2. The lowest BCUT2D eigenvalue weighted by molar-refractivity contribution is -0.00482. The Morgan fingerprint density at radius 2 is 2.20 bits per heavy atom. The summed E-state index contributed by atoms with van der Waals surface area (Å²) < 4.78 is 5.64. The Bertz CT molecular complexity index is 465. The molecule has 0 aromatic carbocycles. The zero-order chi connectivity index (χ0) is 14.8. The SMILES string of the molecule is COC1(C)CCCN(c2cc(NN)nc(C(C)C)n2)C1. The van der Waals surface area contributed by atoms with Gasteiger partial charge in [-0.15, -0.1) is 0 Å². The summed E-state index contributed by atoms with van der Waals surface area (Å²) in [6.07, 6.45) is 2.17. The molecule has 2 heterocycles. The van der Waals surface area contributed by atoms with E-state index in [0.717, 1.165) is 37.6 Å². The molecule has 0 aliphatic carbocycles. The summed E-state index contributed by atoms with van der Waals surface area (Å²) in [7, 11) is 1.77. The average molecular weight is 279 g/mol. The van der Waals surface area contributed by atoms with E-state index in [1.807, 2.05) is 6.07 Å². The second-order valence-corrected chi connectivity index (χ2v) is 5.95. The van der Waals surface area contributed by atoms with Crippen LogP contribution in [-0.2, 0) is 4.74 Å². The van der Waals surface area contributed by atoms with Crippen molar-refractivity contribution in [3.63, 3.8) is 0 Å². The lowest BCUT2D eigenvalue weighted by Gasteiger charge is -2.40. The summed E-state index contributed by atoms with van der Waals surface area (Å²) in [6.45, 7) is 8.12. The molecule has 6 nitrogen and oxygen atoms in total. The number of nitrogens with two attached hydrogens (primary N) is 1. The Labute approximate surface area is 120 Å². The first kappa shape index (κ1) is 15.0. The molecule has 1 aliphatic rings. The highest BCUT2D eigenvalue weighted by Gasteiger charge is 2.31. The Morgan fingerprint density at radius 1 is 1.45 bits per heavy atom. The fraction of sp³-hybridized carbons (Fsp3) is 0.714. The van der Waals surface area contributed by atoms with Gasteiger partial charge in [0.15, 0.2) is 0 Å². The Morgan fingerprint density at radius 3 is 2.80 bits per heavy atom. The fourth-order valence-corrected chi connectivity index (χ4v) is 2.51. The van der Waals surface area contributed by atoms with Gasteiger partial charge in [-0.05, 0) is 19.8 Å². The zero-order valence-electron chi connectivity index (χ0n) is 12.8. The summed E-state index contributed by atoms with van der Waals surface area (Å²) in [5, 5.41) is 0. The number of rotatable bonds is 4. The molecule has 112 valence electrons. The van der Waals surface area contributed by atoms with Crippen molar-refractivity contribution in [3.8, 4) is 0 Å². The molecule has 6 heteroatoms. The number of aromatic nitrogens is 2. The smallest absolute Gasteiger partial charge is 0.145 e. The molecule has 0 spiro atoms. The molecule has 0 saturated carbocycles. The van der Waals surface area contributed by atoms with Crippen molar-refractivity contribution < 1.29 is 4.74 Å². The van der Waals surface area contributed by atoms with Crippen LogP contribution in [0.1, 0.15) is 45.4 Å². The molecule has 1 saturated heterocycles. The molecule has 2 rings (SSSR count). The lowest BCUT2D eigenvalue weighted by Crippen LogP contribution is -2.47. The topological polar surface area (TPSA) is 76.3 Å². The van der Waals surface area contributed by atoms with E-state index in [1.54, 1.807) is 7.11 Å². The molecule has 0 radical (unpaired) electrons. The molecule has 1 aromatic rings. The Balaban J connectivity index is 2.29. The van der Waals surface area contributed by atoms with Gasteiger partial charge in [0, 0.05) is 32.2 Å². The van der Waals surface area contributed by atoms with Crippen LogP contribution in [0.3, 0.4) is 0 Å². The lowest BCUT2D eigenvalue weighted by atomic mass is 9.95. The summed E-state index contributed by atoms with van der Waals surface area (Å²) in [5.74, 6) is 8.16. The summed E-state index contributed by atoms with van der Waals surface area (Å²) in [4.78, 5) is 11.3. The third-order valence-electron chi connectivity index (χ3n) is 3.87. The van der Waals surface area contributed by atoms with Gasteiger partial charge >= 0.3 is 0 Å². The van der Waals surface area contributed by atoms with Crippen LogP contribution in [0.25, 0.3) is 0 Å². The van der Waals surface area contributed by atoms with E-state index in [1.165, 1.54) is 0 Å². The molecule has 3 N–H and O–H groups in total. The van der Waals surface area contributed by atoms with Gasteiger partial charge in [0.2, 0.25) is 0 Å². The largest absolute Gasteiger partial charge is 0.377 e. The quantitative estimate of drug-likeness (QED) is 0.647. The van der Waals surface area contributed by atoms with Crippen molar-refractivity contribution in [2.45, 2.75) is 45.1 Å².